The van der Waals surface area contributed by atoms with Crippen LogP contribution in [0.1, 0.15) is 20.3 Å². The first-order chi connectivity index (χ1) is 8.02. The average Bonchev–Trinajstić information content (AvgIpc) is 2.56. The molecule has 3 nitrogen and oxygen atoms in total. The number of fused-ring (bicyclic) bond motifs is 1. The van der Waals surface area contributed by atoms with Crippen molar-refractivity contribution in [2.75, 3.05) is 5.73 Å². The Bertz CT molecular complexity index is 550. The number of nitrogens with zero attached hydrogens (tertiary/aromatic N) is 2. The Morgan fingerprint density at radius 1 is 1.53 bits per heavy atom. The molecule has 0 fully saturated rings. The molecule has 0 spiro atoms. The zero-order chi connectivity index (χ0) is 12.6. The summed E-state index contributed by atoms with van der Waals surface area (Å²) in [5, 5.41) is 0. The summed E-state index contributed by atoms with van der Waals surface area (Å²) in [5.41, 5.74) is 7.35. The van der Waals surface area contributed by atoms with E-state index in [1.54, 1.807) is 6.07 Å². The van der Waals surface area contributed by atoms with Crippen molar-refractivity contribution in [2.45, 2.75) is 26.8 Å². The zero-order valence-electron chi connectivity index (χ0n) is 9.87. The number of anilines is 1. The van der Waals surface area contributed by atoms with E-state index in [1.165, 1.54) is 6.07 Å². The summed E-state index contributed by atoms with van der Waals surface area (Å²) < 4.78 is 15.8. The molecule has 1 heterocycles. The summed E-state index contributed by atoms with van der Waals surface area (Å²) in [7, 11) is 0. The molecule has 0 radical (unpaired) electrons. The summed E-state index contributed by atoms with van der Waals surface area (Å²) in [6, 6.07) is 3.14. The second-order valence-electron chi connectivity index (χ2n) is 4.35. The third-order valence-electron chi connectivity index (χ3n) is 3.01. The topological polar surface area (TPSA) is 43.8 Å². The fourth-order valence-electron chi connectivity index (χ4n) is 1.77. The van der Waals surface area contributed by atoms with Gasteiger partial charge in [-0.25, -0.2) is 9.37 Å². The number of benzene rings is 1. The van der Waals surface area contributed by atoms with Crippen LogP contribution in [0.15, 0.2) is 16.6 Å². The molecule has 2 rings (SSSR count). The third-order valence-corrected chi connectivity index (χ3v) is 3.62. The van der Waals surface area contributed by atoms with Crippen molar-refractivity contribution < 1.29 is 4.39 Å². The highest BCUT2D eigenvalue weighted by Crippen LogP contribution is 2.26. The lowest BCUT2D eigenvalue weighted by molar-refractivity contribution is 0.479. The monoisotopic (exact) mass is 299 g/mol. The van der Waals surface area contributed by atoms with Gasteiger partial charge in [0, 0.05) is 12.6 Å². The molecule has 92 valence electrons. The molecule has 1 aromatic heterocycles. The minimum Gasteiger partial charge on any atom is -0.369 e. The van der Waals surface area contributed by atoms with Gasteiger partial charge >= 0.3 is 0 Å². The van der Waals surface area contributed by atoms with E-state index in [2.05, 4.69) is 34.8 Å². The molecule has 0 aliphatic rings. The van der Waals surface area contributed by atoms with Gasteiger partial charge in [0.05, 0.1) is 15.5 Å². The molecule has 2 N–H and O–H groups in total. The lowest BCUT2D eigenvalue weighted by Crippen LogP contribution is -2.09. The SMILES string of the molecule is CCC(C)Cn1c(N)nc2cc(F)c(Br)cc21. The zero-order valence-corrected chi connectivity index (χ0v) is 11.5. The maximum Gasteiger partial charge on any atom is 0.201 e. The summed E-state index contributed by atoms with van der Waals surface area (Å²) in [4.78, 5) is 4.18. The van der Waals surface area contributed by atoms with Gasteiger partial charge in [-0.15, -0.1) is 0 Å². The summed E-state index contributed by atoms with van der Waals surface area (Å²) in [6.07, 6.45) is 1.07. The van der Waals surface area contributed by atoms with Crippen molar-refractivity contribution >= 4 is 32.9 Å². The Hall–Kier alpha value is -1.10. The van der Waals surface area contributed by atoms with Crippen LogP contribution in [-0.4, -0.2) is 9.55 Å². The van der Waals surface area contributed by atoms with E-state index in [9.17, 15) is 4.39 Å². The van der Waals surface area contributed by atoms with E-state index in [-0.39, 0.29) is 5.82 Å². The van der Waals surface area contributed by atoms with E-state index in [0.717, 1.165) is 18.5 Å². The van der Waals surface area contributed by atoms with E-state index in [0.29, 0.717) is 21.9 Å². The van der Waals surface area contributed by atoms with Gasteiger partial charge in [0.25, 0.3) is 0 Å². The van der Waals surface area contributed by atoms with Crippen LogP contribution in [-0.2, 0) is 6.54 Å². The lowest BCUT2D eigenvalue weighted by atomic mass is 10.1. The molecule has 0 saturated carbocycles. The van der Waals surface area contributed by atoms with Crippen LogP contribution in [0.3, 0.4) is 0 Å². The molecule has 0 aliphatic carbocycles. The highest BCUT2D eigenvalue weighted by Gasteiger charge is 2.13. The fourth-order valence-corrected chi connectivity index (χ4v) is 2.10. The molecule has 0 amide bonds. The first-order valence-electron chi connectivity index (χ1n) is 5.63. The van der Waals surface area contributed by atoms with Crippen molar-refractivity contribution in [1.82, 2.24) is 9.55 Å². The number of imidazole rings is 1. The Morgan fingerprint density at radius 2 is 2.24 bits per heavy atom. The molecule has 1 atom stereocenters. The largest absolute Gasteiger partial charge is 0.369 e. The first kappa shape index (κ1) is 12.4. The van der Waals surface area contributed by atoms with Gasteiger partial charge in [-0.2, -0.15) is 0 Å². The van der Waals surface area contributed by atoms with Crippen LogP contribution < -0.4 is 5.73 Å². The predicted molar refractivity (Wildman–Crippen MR) is 71.3 cm³/mol. The molecule has 1 aromatic carbocycles. The highest BCUT2D eigenvalue weighted by molar-refractivity contribution is 9.10. The van der Waals surface area contributed by atoms with Gasteiger partial charge in [0.15, 0.2) is 0 Å². The third kappa shape index (κ3) is 2.29. The van der Waals surface area contributed by atoms with Gasteiger partial charge in [-0.1, -0.05) is 20.3 Å². The normalized spacial score (nSPS) is 13.2. The van der Waals surface area contributed by atoms with Crippen molar-refractivity contribution in [2.24, 2.45) is 5.92 Å². The Labute approximate surface area is 108 Å². The van der Waals surface area contributed by atoms with Crippen molar-refractivity contribution in [3.8, 4) is 0 Å². The number of nitrogen functional groups attached to an aromatic ring is 1. The summed E-state index contributed by atoms with van der Waals surface area (Å²) in [6.45, 7) is 5.09. The number of hydrogen-bond donors (Lipinski definition) is 1. The maximum absolute atomic E-state index is 13.4. The van der Waals surface area contributed by atoms with E-state index in [1.807, 2.05) is 4.57 Å². The van der Waals surface area contributed by atoms with E-state index in [4.69, 9.17) is 5.73 Å². The molecule has 1 unspecified atom stereocenters. The van der Waals surface area contributed by atoms with Crippen LogP contribution in [0, 0.1) is 11.7 Å². The van der Waals surface area contributed by atoms with Crippen LogP contribution in [0.2, 0.25) is 0 Å². The van der Waals surface area contributed by atoms with Crippen LogP contribution in [0.5, 0.6) is 0 Å². The molecule has 2 aromatic rings. The van der Waals surface area contributed by atoms with Crippen molar-refractivity contribution in [3.05, 3.63) is 22.4 Å². The standard InChI is InChI=1S/C12H15BrFN3/c1-3-7(2)6-17-11-4-8(13)9(14)5-10(11)16-12(17)15/h4-5,7H,3,6H2,1-2H3,(H2,15,16). The fraction of sp³-hybridized carbons (Fsp3) is 0.417. The maximum atomic E-state index is 13.4. The van der Waals surface area contributed by atoms with Gasteiger partial charge in [-0.3, -0.25) is 0 Å². The number of aromatic nitrogens is 2. The van der Waals surface area contributed by atoms with Gasteiger partial charge in [0.2, 0.25) is 5.95 Å². The van der Waals surface area contributed by atoms with Crippen molar-refractivity contribution in [3.63, 3.8) is 0 Å². The molecule has 0 saturated heterocycles. The highest BCUT2D eigenvalue weighted by atomic mass is 79.9. The second-order valence-corrected chi connectivity index (χ2v) is 5.20. The molecule has 0 bridgehead atoms. The molecule has 17 heavy (non-hydrogen) atoms. The molecule has 5 heteroatoms. The first-order valence-corrected chi connectivity index (χ1v) is 6.43. The molecular weight excluding hydrogens is 285 g/mol. The number of rotatable bonds is 3. The average molecular weight is 300 g/mol. The number of halogens is 2. The minimum atomic E-state index is -0.314. The van der Waals surface area contributed by atoms with E-state index >= 15 is 0 Å². The Kier molecular flexibility index (Phi) is 3.38. The Balaban J connectivity index is 2.54. The predicted octanol–water partition coefficient (Wildman–Crippen LogP) is 3.57. The van der Waals surface area contributed by atoms with E-state index < -0.39 is 0 Å². The quantitative estimate of drug-likeness (QED) is 0.941. The molecular formula is C12H15BrFN3. The summed E-state index contributed by atoms with van der Waals surface area (Å²) >= 11 is 3.19. The Morgan fingerprint density at radius 3 is 2.88 bits per heavy atom. The minimum absolute atomic E-state index is 0.314. The second kappa shape index (κ2) is 4.64. The van der Waals surface area contributed by atoms with Gasteiger partial charge in [-0.05, 0) is 27.9 Å². The smallest absolute Gasteiger partial charge is 0.201 e. The molecule has 0 aliphatic heterocycles. The summed E-state index contributed by atoms with van der Waals surface area (Å²) in [5.74, 6) is 0.641. The van der Waals surface area contributed by atoms with Crippen LogP contribution >= 0.6 is 15.9 Å². The van der Waals surface area contributed by atoms with Gasteiger partial charge < -0.3 is 10.3 Å². The number of nitrogens with two attached hydrogens (primary N) is 1. The van der Waals surface area contributed by atoms with Crippen molar-refractivity contribution in [1.29, 1.82) is 0 Å². The lowest BCUT2D eigenvalue weighted by Gasteiger charge is -2.11. The van der Waals surface area contributed by atoms with Crippen LogP contribution in [0.4, 0.5) is 10.3 Å². The number of hydrogen-bond acceptors (Lipinski definition) is 2. The van der Waals surface area contributed by atoms with Crippen LogP contribution in [0.25, 0.3) is 11.0 Å². The van der Waals surface area contributed by atoms with Gasteiger partial charge in [0.1, 0.15) is 5.82 Å².